The maximum atomic E-state index is 14.9. The molecule has 0 saturated carbocycles. The molecule has 2 fully saturated rings. The van der Waals surface area contributed by atoms with Crippen LogP contribution < -0.4 is 10.2 Å². The standard InChI is InChI=1S/C45H49FN4O7/c1-45(2,3)56-44(53)50(28-31-10-8-30(9-11-31)13-19-42(52)48-57-43-7-5-6-22-55-43)36-20-21-49(29-36)27-32-12-17-37(34-16-18-41(54-4)40(51)25-34)38(23-32)33-14-15-35(26-47)39(46)24-33/h8-19,23-25,36,43,51H,5-7,20-22,27-29H2,1-4H3,(H,48,52)/b19-13+/t36-,43?/m0/s1. The summed E-state index contributed by atoms with van der Waals surface area (Å²) in [4.78, 5) is 35.4. The lowest BCUT2D eigenvalue weighted by Gasteiger charge is -2.32. The first-order chi connectivity index (χ1) is 27.4. The van der Waals surface area contributed by atoms with Crippen LogP contribution in [0.15, 0.2) is 84.9 Å². The van der Waals surface area contributed by atoms with Crippen LogP contribution in [0.1, 0.15) is 68.7 Å². The van der Waals surface area contributed by atoms with E-state index >= 15 is 0 Å². The van der Waals surface area contributed by atoms with Crippen LogP contribution >= 0.6 is 0 Å². The Hall–Kier alpha value is -5.74. The minimum atomic E-state index is -0.681. The van der Waals surface area contributed by atoms with Gasteiger partial charge in [0.25, 0.3) is 5.91 Å². The first kappa shape index (κ1) is 40.9. The van der Waals surface area contributed by atoms with Crippen LogP contribution in [0, 0.1) is 17.1 Å². The van der Waals surface area contributed by atoms with E-state index in [0.29, 0.717) is 37.6 Å². The molecule has 2 N–H and O–H groups in total. The number of likely N-dealkylation sites (tertiary alicyclic amines) is 1. The van der Waals surface area contributed by atoms with Crippen LogP contribution in [0.3, 0.4) is 0 Å². The lowest BCUT2D eigenvalue weighted by molar-refractivity contribution is -0.198. The molecule has 4 aromatic carbocycles. The number of hydrogen-bond donors (Lipinski definition) is 2. The van der Waals surface area contributed by atoms with E-state index < -0.39 is 23.8 Å². The summed E-state index contributed by atoms with van der Waals surface area (Å²) in [5, 5.41) is 19.9. The number of ether oxygens (including phenoxy) is 3. The van der Waals surface area contributed by atoms with Gasteiger partial charge in [-0.05, 0) is 115 Å². The zero-order valence-electron chi connectivity index (χ0n) is 32.8. The van der Waals surface area contributed by atoms with E-state index in [1.165, 1.54) is 25.3 Å². The molecule has 57 heavy (non-hydrogen) atoms. The van der Waals surface area contributed by atoms with Crippen LogP contribution in [-0.4, -0.2) is 71.6 Å². The quantitative estimate of drug-likeness (QED) is 0.108. The molecule has 0 spiro atoms. The van der Waals surface area contributed by atoms with Gasteiger partial charge in [-0.1, -0.05) is 48.5 Å². The van der Waals surface area contributed by atoms with E-state index in [0.717, 1.165) is 65.6 Å². The third kappa shape index (κ3) is 11.0. The van der Waals surface area contributed by atoms with Crippen molar-refractivity contribution in [1.29, 1.82) is 5.26 Å². The number of nitrogens with one attached hydrogen (secondary N) is 1. The first-order valence-electron chi connectivity index (χ1n) is 19.2. The minimum Gasteiger partial charge on any atom is -0.504 e. The van der Waals surface area contributed by atoms with Crippen molar-refractivity contribution in [1.82, 2.24) is 15.3 Å². The van der Waals surface area contributed by atoms with Gasteiger partial charge in [0, 0.05) is 51.3 Å². The highest BCUT2D eigenvalue weighted by molar-refractivity contribution is 5.91. The van der Waals surface area contributed by atoms with Crippen molar-refractivity contribution in [2.24, 2.45) is 0 Å². The second-order valence-corrected chi connectivity index (χ2v) is 15.3. The number of halogens is 1. The molecule has 2 aliphatic heterocycles. The molecule has 2 amide bonds. The summed E-state index contributed by atoms with van der Waals surface area (Å²) in [5.41, 5.74) is 7.25. The van der Waals surface area contributed by atoms with Crippen molar-refractivity contribution in [2.45, 2.75) is 77.5 Å². The number of hydrogen-bond acceptors (Lipinski definition) is 9. The van der Waals surface area contributed by atoms with Gasteiger partial charge in [0.15, 0.2) is 17.8 Å². The second kappa shape index (κ2) is 18.5. The van der Waals surface area contributed by atoms with E-state index in [9.17, 15) is 24.3 Å². The van der Waals surface area contributed by atoms with Gasteiger partial charge in [-0.3, -0.25) is 14.6 Å². The van der Waals surface area contributed by atoms with Crippen molar-refractivity contribution >= 4 is 18.1 Å². The summed E-state index contributed by atoms with van der Waals surface area (Å²) in [5.74, 6) is -0.675. The fraction of sp³-hybridized carbons (Fsp3) is 0.356. The van der Waals surface area contributed by atoms with Crippen molar-refractivity contribution in [3.63, 3.8) is 0 Å². The van der Waals surface area contributed by atoms with Crippen LogP contribution in [0.2, 0.25) is 0 Å². The molecular weight excluding hydrogens is 728 g/mol. The highest BCUT2D eigenvalue weighted by atomic mass is 19.1. The van der Waals surface area contributed by atoms with Crippen molar-refractivity contribution in [3.8, 4) is 39.8 Å². The van der Waals surface area contributed by atoms with Gasteiger partial charge in [-0.15, -0.1) is 0 Å². The molecule has 12 heteroatoms. The fourth-order valence-corrected chi connectivity index (χ4v) is 7.01. The molecule has 11 nitrogen and oxygen atoms in total. The van der Waals surface area contributed by atoms with Crippen LogP contribution in [0.4, 0.5) is 9.18 Å². The topological polar surface area (TPSA) is 134 Å². The van der Waals surface area contributed by atoms with Gasteiger partial charge in [-0.25, -0.2) is 19.5 Å². The third-order valence-electron chi connectivity index (χ3n) is 9.89. The summed E-state index contributed by atoms with van der Waals surface area (Å²) in [6, 6.07) is 25.1. The van der Waals surface area contributed by atoms with Gasteiger partial charge in [0.05, 0.1) is 12.7 Å². The number of nitriles is 1. The van der Waals surface area contributed by atoms with Crippen LogP contribution in [0.5, 0.6) is 11.5 Å². The van der Waals surface area contributed by atoms with E-state index in [2.05, 4.69) is 10.4 Å². The Morgan fingerprint density at radius 2 is 1.75 bits per heavy atom. The van der Waals surface area contributed by atoms with E-state index in [1.807, 2.05) is 75.4 Å². The van der Waals surface area contributed by atoms with Gasteiger partial charge in [0.1, 0.15) is 17.5 Å². The fourth-order valence-electron chi connectivity index (χ4n) is 7.01. The number of hydroxylamine groups is 1. The Labute approximate surface area is 333 Å². The van der Waals surface area contributed by atoms with Gasteiger partial charge >= 0.3 is 6.09 Å². The zero-order chi connectivity index (χ0) is 40.5. The van der Waals surface area contributed by atoms with Gasteiger partial charge in [-0.2, -0.15) is 5.26 Å². The zero-order valence-corrected chi connectivity index (χ0v) is 32.8. The maximum absolute atomic E-state index is 14.9. The Morgan fingerprint density at radius 1 is 1.00 bits per heavy atom. The van der Waals surface area contributed by atoms with Crippen LogP contribution in [-0.2, 0) is 32.2 Å². The number of phenolic OH excluding ortho intramolecular Hbond substituents is 1. The molecule has 298 valence electrons. The second-order valence-electron chi connectivity index (χ2n) is 15.3. The van der Waals surface area contributed by atoms with Gasteiger partial charge < -0.3 is 19.3 Å². The summed E-state index contributed by atoms with van der Waals surface area (Å²) >= 11 is 0. The normalized spacial score (nSPS) is 17.3. The Kier molecular flexibility index (Phi) is 13.3. The molecule has 2 atom stereocenters. The number of amides is 2. The molecule has 0 radical (unpaired) electrons. The number of phenols is 1. The van der Waals surface area contributed by atoms with E-state index in [1.54, 1.807) is 29.2 Å². The molecule has 4 aromatic rings. The lowest BCUT2D eigenvalue weighted by atomic mass is 9.92. The predicted molar refractivity (Wildman–Crippen MR) is 214 cm³/mol. The first-order valence-corrected chi connectivity index (χ1v) is 19.2. The Morgan fingerprint density at radius 3 is 2.44 bits per heavy atom. The van der Waals surface area contributed by atoms with E-state index in [-0.39, 0.29) is 23.3 Å². The largest absolute Gasteiger partial charge is 0.504 e. The number of aromatic hydroxyl groups is 1. The van der Waals surface area contributed by atoms with Crippen molar-refractivity contribution < 1.29 is 38.1 Å². The highest BCUT2D eigenvalue weighted by Gasteiger charge is 2.33. The molecule has 2 heterocycles. The number of methoxy groups -OCH3 is 1. The summed E-state index contributed by atoms with van der Waals surface area (Å²) in [6.45, 7) is 8.43. The Balaban J connectivity index is 1.16. The summed E-state index contributed by atoms with van der Waals surface area (Å²) < 4.78 is 31.5. The average Bonchev–Trinajstić information content (AvgIpc) is 3.66. The van der Waals surface area contributed by atoms with Crippen molar-refractivity contribution in [3.05, 3.63) is 113 Å². The molecule has 0 aromatic heterocycles. The average molecular weight is 777 g/mol. The van der Waals surface area contributed by atoms with Gasteiger partial charge in [0.2, 0.25) is 0 Å². The molecule has 0 aliphatic carbocycles. The summed E-state index contributed by atoms with van der Waals surface area (Å²) in [7, 11) is 1.48. The predicted octanol–water partition coefficient (Wildman–Crippen LogP) is 8.34. The number of carbonyl (C=O) groups excluding carboxylic acids is 2. The molecule has 6 rings (SSSR count). The Bertz CT molecular complexity index is 2120. The number of rotatable bonds is 12. The smallest absolute Gasteiger partial charge is 0.410 e. The molecule has 0 bridgehead atoms. The number of nitrogens with zero attached hydrogens (tertiary/aromatic N) is 3. The third-order valence-corrected chi connectivity index (χ3v) is 9.89. The maximum Gasteiger partial charge on any atom is 0.410 e. The monoisotopic (exact) mass is 776 g/mol. The number of benzene rings is 4. The molecule has 2 aliphatic rings. The number of carbonyl (C=O) groups is 2. The molecule has 1 unspecified atom stereocenters. The minimum absolute atomic E-state index is 0.0162. The highest BCUT2D eigenvalue weighted by Crippen LogP contribution is 2.38. The SMILES string of the molecule is COc1ccc(-c2ccc(CN3CC[C@H](N(Cc4ccc(/C=C/C(=O)NOC5CCCCO5)cc4)C(=O)OC(C)(C)C)C3)cc2-c2ccc(C#N)c(F)c2)cc1O. The molecule has 2 saturated heterocycles. The lowest BCUT2D eigenvalue weighted by Crippen LogP contribution is -2.44. The van der Waals surface area contributed by atoms with Crippen LogP contribution in [0.25, 0.3) is 28.3 Å². The van der Waals surface area contributed by atoms with E-state index in [4.69, 9.17) is 19.0 Å². The van der Waals surface area contributed by atoms with Crippen molar-refractivity contribution in [2.75, 3.05) is 26.8 Å². The molecular formula is C45H49FN4O7. The summed E-state index contributed by atoms with van der Waals surface area (Å²) in [6.07, 6.45) is 5.74.